The lowest BCUT2D eigenvalue weighted by Crippen LogP contribution is -2.25. The molecule has 0 heterocycles. The second-order valence-corrected chi connectivity index (χ2v) is 11.9. The van der Waals surface area contributed by atoms with Crippen molar-refractivity contribution in [1.29, 1.82) is 0 Å². The first kappa shape index (κ1) is 26.2. The average molecular weight is 457 g/mol. The van der Waals surface area contributed by atoms with Crippen LogP contribution in [0.4, 0.5) is 0 Å². The lowest BCUT2D eigenvalue weighted by molar-refractivity contribution is 0.272. The van der Waals surface area contributed by atoms with E-state index in [0.717, 1.165) is 0 Å². The molecule has 26 heavy (non-hydrogen) atoms. The minimum absolute atomic E-state index is 0.180. The van der Waals surface area contributed by atoms with Gasteiger partial charge in [-0.3, -0.25) is 8.37 Å². The molecule has 0 spiro atoms. The summed E-state index contributed by atoms with van der Waals surface area (Å²) in [5.41, 5.74) is -1.99. The van der Waals surface area contributed by atoms with Crippen LogP contribution in [0, 0.1) is 0 Å². The highest BCUT2D eigenvalue weighted by Crippen LogP contribution is 2.12. The van der Waals surface area contributed by atoms with Crippen LogP contribution in [0.2, 0.25) is 0 Å². The van der Waals surface area contributed by atoms with Crippen LogP contribution in [-0.4, -0.2) is 60.8 Å². The van der Waals surface area contributed by atoms with Gasteiger partial charge in [0.1, 0.15) is 0 Å². The molecule has 9 nitrogen and oxygen atoms in total. The van der Waals surface area contributed by atoms with Crippen molar-refractivity contribution in [2.24, 2.45) is 0 Å². The first-order valence-electron chi connectivity index (χ1n) is 8.08. The summed E-state index contributed by atoms with van der Waals surface area (Å²) in [6, 6.07) is 0. The molecule has 0 saturated carbocycles. The van der Waals surface area contributed by atoms with Crippen LogP contribution in [0.3, 0.4) is 0 Å². The topological polar surface area (TPSA) is 136 Å². The molecule has 0 aliphatic heterocycles. The van der Waals surface area contributed by atoms with E-state index >= 15 is 0 Å². The molecule has 0 fully saturated rings. The molecule has 4 atom stereocenters. The Balaban J connectivity index is 4.07. The fourth-order valence-electron chi connectivity index (χ4n) is 1.72. The van der Waals surface area contributed by atoms with Crippen molar-refractivity contribution in [3.63, 3.8) is 0 Å². The van der Waals surface area contributed by atoms with Crippen LogP contribution in [0.25, 0.3) is 0 Å². The quantitative estimate of drug-likeness (QED) is 0.201. The third-order valence-corrected chi connectivity index (χ3v) is 8.20. The second-order valence-electron chi connectivity index (χ2n) is 5.43. The molecule has 0 aromatic carbocycles. The summed E-state index contributed by atoms with van der Waals surface area (Å²) in [6.45, 7) is 4.57. The van der Waals surface area contributed by atoms with Gasteiger partial charge in [0.2, 0.25) is 5.44 Å². The van der Waals surface area contributed by atoms with Crippen molar-refractivity contribution in [2.75, 3.05) is 24.4 Å². The van der Waals surface area contributed by atoms with Crippen LogP contribution in [-0.2, 0) is 55.0 Å². The van der Waals surface area contributed by atoms with Gasteiger partial charge in [-0.1, -0.05) is 12.8 Å². The summed E-state index contributed by atoms with van der Waals surface area (Å²) in [6.07, 6.45) is 2.91. The molecule has 158 valence electrons. The Hall–Kier alpha value is 0.240. The van der Waals surface area contributed by atoms with Crippen LogP contribution < -0.4 is 0 Å². The highest BCUT2D eigenvalue weighted by Gasteiger charge is 2.22. The number of hydrogen-bond donors (Lipinski definition) is 0. The average Bonchev–Trinajstić information content (AvgIpc) is 2.49. The fraction of sp³-hybridized carbons (Fsp3) is 1.00. The Kier molecular flexibility index (Phi) is 12.8. The van der Waals surface area contributed by atoms with E-state index in [1.165, 1.54) is 20.1 Å². The molecular weight excluding hydrogens is 428 g/mol. The summed E-state index contributed by atoms with van der Waals surface area (Å²) < 4.78 is 83.8. The predicted molar refractivity (Wildman–Crippen MR) is 101 cm³/mol. The maximum absolute atomic E-state index is 11.8. The van der Waals surface area contributed by atoms with E-state index in [9.17, 15) is 25.6 Å². The molecule has 13 heteroatoms. The van der Waals surface area contributed by atoms with Crippen molar-refractivity contribution in [2.45, 2.75) is 57.3 Å². The SMILES string of the molecule is CCOS(=O)C(C)OS(=O)(=O)CCCCCCS(=O)(=O)OC(C)[S+](C)[O-]. The zero-order valence-corrected chi connectivity index (χ0v) is 18.7. The smallest absolute Gasteiger partial charge is 0.271 e. The van der Waals surface area contributed by atoms with Gasteiger partial charge in [-0.05, 0) is 37.9 Å². The largest absolute Gasteiger partial charge is 0.615 e. The number of hydrogen-bond acceptors (Lipinski definition) is 9. The van der Waals surface area contributed by atoms with E-state index < -0.39 is 53.4 Å². The standard InChI is InChI=1S/C13H28O9S4/c1-5-20-24(15)13(3)22-26(18,19)11-9-7-6-8-10-25(16,17)21-12(2)23(4)14/h12-13H,5-11H2,1-4H3. The first-order chi connectivity index (χ1) is 11.9. The van der Waals surface area contributed by atoms with Crippen LogP contribution in [0.1, 0.15) is 46.5 Å². The van der Waals surface area contributed by atoms with Crippen molar-refractivity contribution in [3.05, 3.63) is 0 Å². The molecule has 0 amide bonds. The Labute approximate surface area is 162 Å². The molecule has 4 unspecified atom stereocenters. The molecule has 0 N–H and O–H groups in total. The van der Waals surface area contributed by atoms with Gasteiger partial charge in [0.25, 0.3) is 20.2 Å². The first-order valence-corrected chi connectivity index (χ1v) is 14.0. The summed E-state index contributed by atoms with van der Waals surface area (Å²) in [4.78, 5) is 0. The highest BCUT2D eigenvalue weighted by molar-refractivity contribution is 7.92. The lowest BCUT2D eigenvalue weighted by Gasteiger charge is -2.14. The summed E-state index contributed by atoms with van der Waals surface area (Å²) in [5, 5.41) is 0. The van der Waals surface area contributed by atoms with Crippen LogP contribution >= 0.6 is 0 Å². The summed E-state index contributed by atoms with van der Waals surface area (Å²) in [5.74, 6) is -0.474. The van der Waals surface area contributed by atoms with Gasteiger partial charge in [0, 0.05) is 6.92 Å². The molecule has 0 radical (unpaired) electrons. The second kappa shape index (κ2) is 12.6. The van der Waals surface area contributed by atoms with Crippen molar-refractivity contribution < 1.29 is 38.1 Å². The van der Waals surface area contributed by atoms with E-state index in [4.69, 9.17) is 12.5 Å². The van der Waals surface area contributed by atoms with Gasteiger partial charge in [-0.25, -0.2) is 8.39 Å². The zero-order valence-electron chi connectivity index (χ0n) is 15.4. The highest BCUT2D eigenvalue weighted by atomic mass is 32.2. The van der Waals surface area contributed by atoms with Crippen molar-refractivity contribution >= 4 is 42.5 Å². The van der Waals surface area contributed by atoms with Crippen LogP contribution in [0.5, 0.6) is 0 Å². The third-order valence-electron chi connectivity index (χ3n) is 3.08. The van der Waals surface area contributed by atoms with Crippen LogP contribution in [0.15, 0.2) is 0 Å². The van der Waals surface area contributed by atoms with Gasteiger partial charge in [0.05, 0.1) is 24.4 Å². The lowest BCUT2D eigenvalue weighted by atomic mass is 10.2. The van der Waals surface area contributed by atoms with Gasteiger partial charge in [-0.2, -0.15) is 16.8 Å². The summed E-state index contributed by atoms with van der Waals surface area (Å²) >= 11 is -3.24. The normalized spacial score (nSPS) is 17.6. The molecule has 0 aromatic rings. The molecule has 0 bridgehead atoms. The Morgan fingerprint density at radius 1 is 0.962 bits per heavy atom. The van der Waals surface area contributed by atoms with E-state index in [2.05, 4.69) is 0 Å². The number of rotatable bonds is 15. The minimum atomic E-state index is -3.83. The van der Waals surface area contributed by atoms with E-state index in [-0.39, 0.29) is 24.5 Å². The Morgan fingerprint density at radius 2 is 1.42 bits per heavy atom. The third kappa shape index (κ3) is 12.6. The predicted octanol–water partition coefficient (Wildman–Crippen LogP) is 1.01. The van der Waals surface area contributed by atoms with Crippen molar-refractivity contribution in [3.8, 4) is 0 Å². The maximum Gasteiger partial charge on any atom is 0.271 e. The Morgan fingerprint density at radius 3 is 1.85 bits per heavy atom. The zero-order chi connectivity index (χ0) is 20.4. The van der Waals surface area contributed by atoms with Gasteiger partial charge >= 0.3 is 0 Å². The van der Waals surface area contributed by atoms with Gasteiger partial charge in [0.15, 0.2) is 16.5 Å². The minimum Gasteiger partial charge on any atom is -0.615 e. The Bertz CT molecular complexity index is 616. The van der Waals surface area contributed by atoms with E-state index in [0.29, 0.717) is 19.3 Å². The van der Waals surface area contributed by atoms with Gasteiger partial charge < -0.3 is 4.55 Å². The van der Waals surface area contributed by atoms with Gasteiger partial charge in [-0.15, -0.1) is 0 Å². The molecule has 0 aromatic heterocycles. The van der Waals surface area contributed by atoms with Crippen molar-refractivity contribution in [1.82, 2.24) is 0 Å². The molecular formula is C13H28O9S4. The fourth-order valence-corrected chi connectivity index (χ4v) is 5.69. The molecule has 0 rings (SSSR count). The number of unbranched alkanes of at least 4 members (excludes halogenated alkanes) is 3. The van der Waals surface area contributed by atoms with E-state index in [1.54, 1.807) is 6.92 Å². The van der Waals surface area contributed by atoms with E-state index in [1.807, 2.05) is 0 Å². The summed E-state index contributed by atoms with van der Waals surface area (Å²) in [7, 11) is -7.59. The molecule has 0 saturated heterocycles. The molecule has 0 aliphatic rings. The maximum atomic E-state index is 11.8. The monoisotopic (exact) mass is 456 g/mol. The molecule has 0 aliphatic carbocycles.